The van der Waals surface area contributed by atoms with Gasteiger partial charge < -0.3 is 9.92 Å². The van der Waals surface area contributed by atoms with E-state index in [9.17, 15) is 8.42 Å². The summed E-state index contributed by atoms with van der Waals surface area (Å²) in [4.78, 5) is 0.0969. The van der Waals surface area contributed by atoms with Crippen LogP contribution in [0.4, 0.5) is 0 Å². The number of rotatable bonds is 5. The Morgan fingerprint density at radius 2 is 1.33 bits per heavy atom. The van der Waals surface area contributed by atoms with Gasteiger partial charge in [0.25, 0.3) is 0 Å². The van der Waals surface area contributed by atoms with Crippen molar-refractivity contribution in [3.8, 4) is 16.9 Å². The van der Waals surface area contributed by atoms with Gasteiger partial charge in [-0.15, -0.1) is 0 Å². The van der Waals surface area contributed by atoms with E-state index < -0.39 is 10.1 Å². The van der Waals surface area contributed by atoms with Crippen LogP contribution in [-0.2, 0) is 16.7 Å². The van der Waals surface area contributed by atoms with Crippen molar-refractivity contribution in [1.29, 1.82) is 0 Å². The first-order chi connectivity index (χ1) is 11.6. The highest BCUT2D eigenvalue weighted by Gasteiger charge is 2.19. The fraction of sp³-hybridized carbons (Fsp3) is 0.0526. The maximum atomic E-state index is 12.5. The van der Waals surface area contributed by atoms with Gasteiger partial charge in [-0.25, -0.2) is 0 Å². The van der Waals surface area contributed by atoms with Crippen LogP contribution in [0, 0.1) is 0 Å². The molecule has 0 aliphatic heterocycles. The average molecular weight is 339 g/mol. The highest BCUT2D eigenvalue weighted by molar-refractivity contribution is 7.87. The largest absolute Gasteiger partial charge is 0.379 e. The van der Waals surface area contributed by atoms with E-state index in [2.05, 4.69) is 0 Å². The zero-order valence-electron chi connectivity index (χ0n) is 12.9. The minimum absolute atomic E-state index is 0.0969. The number of hydrogen-bond donors (Lipinski definition) is 1. The van der Waals surface area contributed by atoms with E-state index in [0.29, 0.717) is 5.56 Å². The van der Waals surface area contributed by atoms with Crippen LogP contribution in [0.5, 0.6) is 5.75 Å². The molecule has 2 N–H and O–H groups in total. The van der Waals surface area contributed by atoms with Crippen LogP contribution in [0.25, 0.3) is 11.1 Å². The van der Waals surface area contributed by atoms with Crippen LogP contribution in [0.15, 0.2) is 83.8 Å². The van der Waals surface area contributed by atoms with Gasteiger partial charge in [-0.05, 0) is 34.9 Å². The Morgan fingerprint density at radius 3 is 2.00 bits per heavy atom. The lowest BCUT2D eigenvalue weighted by molar-refractivity contribution is 0.485. The summed E-state index contributed by atoms with van der Waals surface area (Å²) >= 11 is 0. The van der Waals surface area contributed by atoms with E-state index in [1.54, 1.807) is 30.3 Å². The van der Waals surface area contributed by atoms with Crippen LogP contribution in [0.1, 0.15) is 5.56 Å². The van der Waals surface area contributed by atoms with Crippen molar-refractivity contribution in [2.75, 3.05) is 0 Å². The minimum atomic E-state index is -3.91. The molecule has 0 unspecified atom stereocenters. The summed E-state index contributed by atoms with van der Waals surface area (Å²) in [6.45, 7) is 0.131. The van der Waals surface area contributed by atoms with Crippen molar-refractivity contribution in [3.05, 3.63) is 84.4 Å². The molecule has 122 valence electrons. The molecule has 3 aromatic carbocycles. The molecule has 4 nitrogen and oxygen atoms in total. The second-order valence-electron chi connectivity index (χ2n) is 5.24. The second-order valence-corrected chi connectivity index (χ2v) is 6.75. The third kappa shape index (κ3) is 3.48. The van der Waals surface area contributed by atoms with E-state index >= 15 is 0 Å². The molecule has 5 heteroatoms. The molecule has 0 aromatic heterocycles. The van der Waals surface area contributed by atoms with Crippen molar-refractivity contribution in [2.24, 2.45) is 5.73 Å². The van der Waals surface area contributed by atoms with Gasteiger partial charge in [0, 0.05) is 6.54 Å². The van der Waals surface area contributed by atoms with Crippen LogP contribution < -0.4 is 9.92 Å². The lowest BCUT2D eigenvalue weighted by atomic mass is 10.1. The molecule has 3 rings (SSSR count). The topological polar surface area (TPSA) is 69.4 Å². The molecule has 0 spiro atoms. The van der Waals surface area contributed by atoms with Crippen LogP contribution >= 0.6 is 0 Å². The lowest BCUT2D eigenvalue weighted by Gasteiger charge is -2.10. The Hall–Kier alpha value is -2.63. The van der Waals surface area contributed by atoms with E-state index in [0.717, 1.165) is 11.1 Å². The van der Waals surface area contributed by atoms with E-state index in [1.165, 1.54) is 6.07 Å². The molecular formula is C19H17NO3S. The predicted molar refractivity (Wildman–Crippen MR) is 94.0 cm³/mol. The van der Waals surface area contributed by atoms with Gasteiger partial charge in [0.05, 0.1) is 0 Å². The van der Waals surface area contributed by atoms with E-state index in [4.69, 9.17) is 9.92 Å². The Labute approximate surface area is 141 Å². The van der Waals surface area contributed by atoms with Gasteiger partial charge in [0.2, 0.25) is 0 Å². The van der Waals surface area contributed by atoms with Crippen LogP contribution in [0.2, 0.25) is 0 Å². The molecular weight excluding hydrogens is 322 g/mol. The van der Waals surface area contributed by atoms with Gasteiger partial charge in [0.15, 0.2) is 0 Å². The lowest BCUT2D eigenvalue weighted by Crippen LogP contribution is -2.13. The molecule has 0 atom stereocenters. The average Bonchev–Trinajstić information content (AvgIpc) is 2.63. The number of nitrogens with two attached hydrogens (primary N) is 1. The number of benzene rings is 3. The molecule has 0 saturated heterocycles. The Balaban J connectivity index is 1.86. The maximum Gasteiger partial charge on any atom is 0.339 e. The molecule has 0 radical (unpaired) electrons. The SMILES string of the molecule is NCc1ccccc1S(=O)(=O)Oc1ccc(-c2ccccc2)cc1. The van der Waals surface area contributed by atoms with Gasteiger partial charge in [0.1, 0.15) is 10.6 Å². The van der Waals surface area contributed by atoms with Gasteiger partial charge >= 0.3 is 10.1 Å². The van der Waals surface area contributed by atoms with Gasteiger partial charge in [-0.2, -0.15) is 8.42 Å². The third-order valence-corrected chi connectivity index (χ3v) is 4.98. The molecule has 0 amide bonds. The maximum absolute atomic E-state index is 12.5. The van der Waals surface area contributed by atoms with Gasteiger partial charge in [-0.3, -0.25) is 0 Å². The van der Waals surface area contributed by atoms with Crippen molar-refractivity contribution in [1.82, 2.24) is 0 Å². The van der Waals surface area contributed by atoms with Crippen molar-refractivity contribution in [2.45, 2.75) is 11.4 Å². The second kappa shape index (κ2) is 6.86. The Bertz CT molecular complexity index is 920. The first kappa shape index (κ1) is 16.2. The van der Waals surface area contributed by atoms with E-state index in [1.807, 2.05) is 42.5 Å². The molecule has 0 saturated carbocycles. The molecule has 0 aliphatic rings. The highest BCUT2D eigenvalue weighted by Crippen LogP contribution is 2.25. The smallest absolute Gasteiger partial charge is 0.339 e. The summed E-state index contributed by atoms with van der Waals surface area (Å²) in [5.74, 6) is 0.265. The fourth-order valence-corrected chi connectivity index (χ4v) is 3.59. The Kier molecular flexibility index (Phi) is 4.64. The van der Waals surface area contributed by atoms with E-state index in [-0.39, 0.29) is 17.2 Å². The minimum Gasteiger partial charge on any atom is -0.379 e. The summed E-state index contributed by atoms with van der Waals surface area (Å²) < 4.78 is 30.2. The quantitative estimate of drug-likeness (QED) is 0.721. The summed E-state index contributed by atoms with van der Waals surface area (Å²) in [6, 6.07) is 23.3. The molecule has 3 aromatic rings. The standard InChI is InChI=1S/C19H17NO3S/c20-14-17-8-4-5-9-19(17)24(21,22)23-18-12-10-16(11-13-18)15-6-2-1-3-7-15/h1-13H,14,20H2. The molecule has 0 aliphatic carbocycles. The van der Waals surface area contributed by atoms with Crippen molar-refractivity contribution < 1.29 is 12.6 Å². The first-order valence-corrected chi connectivity index (χ1v) is 8.89. The van der Waals surface area contributed by atoms with Crippen LogP contribution in [-0.4, -0.2) is 8.42 Å². The third-order valence-electron chi connectivity index (χ3n) is 3.63. The zero-order valence-corrected chi connectivity index (χ0v) is 13.7. The first-order valence-electron chi connectivity index (χ1n) is 7.48. The highest BCUT2D eigenvalue weighted by atomic mass is 32.2. The van der Waals surface area contributed by atoms with Crippen molar-refractivity contribution >= 4 is 10.1 Å². The molecule has 0 fully saturated rings. The fourth-order valence-electron chi connectivity index (χ4n) is 2.42. The van der Waals surface area contributed by atoms with Crippen molar-refractivity contribution in [3.63, 3.8) is 0 Å². The normalized spacial score (nSPS) is 11.2. The van der Waals surface area contributed by atoms with Crippen LogP contribution in [0.3, 0.4) is 0 Å². The predicted octanol–water partition coefficient (Wildman–Crippen LogP) is 3.58. The summed E-state index contributed by atoms with van der Waals surface area (Å²) in [7, 11) is -3.91. The zero-order chi connectivity index (χ0) is 17.0. The molecule has 0 bridgehead atoms. The summed E-state index contributed by atoms with van der Waals surface area (Å²) in [6.07, 6.45) is 0. The Morgan fingerprint density at radius 1 is 0.750 bits per heavy atom. The summed E-state index contributed by atoms with van der Waals surface area (Å²) in [5, 5.41) is 0. The molecule has 24 heavy (non-hydrogen) atoms. The summed E-state index contributed by atoms with van der Waals surface area (Å²) in [5.41, 5.74) is 8.18. The monoisotopic (exact) mass is 339 g/mol. The van der Waals surface area contributed by atoms with Gasteiger partial charge in [-0.1, -0.05) is 60.7 Å². The molecule has 0 heterocycles. The number of hydrogen-bond acceptors (Lipinski definition) is 4.